The fraction of sp³-hybridized carbons (Fsp3) is 0.217. The maximum Gasteiger partial charge on any atom is 0.337 e. The highest BCUT2D eigenvalue weighted by atomic mass is 16.4. The second kappa shape index (κ2) is 9.36. The zero-order valence-electron chi connectivity index (χ0n) is 16.8. The van der Waals surface area contributed by atoms with Crippen LogP contribution in [-0.4, -0.2) is 38.4 Å². The van der Waals surface area contributed by atoms with Gasteiger partial charge in [-0.1, -0.05) is 43.4 Å². The van der Waals surface area contributed by atoms with Crippen molar-refractivity contribution in [2.75, 3.05) is 10.6 Å². The van der Waals surface area contributed by atoms with E-state index in [2.05, 4.69) is 10.6 Å². The smallest absolute Gasteiger partial charge is 0.337 e. The predicted molar refractivity (Wildman–Crippen MR) is 116 cm³/mol. The van der Waals surface area contributed by atoms with Crippen molar-refractivity contribution in [2.24, 2.45) is 5.92 Å². The number of hydrogen-bond acceptors (Lipinski definition) is 6. The molecule has 0 fully saturated rings. The highest BCUT2D eigenvalue weighted by Crippen LogP contribution is 2.39. The van der Waals surface area contributed by atoms with Crippen LogP contribution in [0.15, 0.2) is 60.7 Å². The number of aliphatic hydroxyl groups is 1. The number of carboxylic acids is 1. The van der Waals surface area contributed by atoms with Crippen LogP contribution in [0.5, 0.6) is 11.5 Å². The number of phenolic OH excluding ortho intramolecular Hbond substituents is 2. The molecule has 0 radical (unpaired) electrons. The van der Waals surface area contributed by atoms with Gasteiger partial charge in [0.15, 0.2) is 0 Å². The molecule has 0 saturated heterocycles. The lowest BCUT2D eigenvalue weighted by molar-refractivity contribution is -0.121. The number of anilines is 2. The van der Waals surface area contributed by atoms with Crippen LogP contribution in [0.25, 0.3) is 0 Å². The Balaban J connectivity index is 2.09. The van der Waals surface area contributed by atoms with Crippen LogP contribution in [-0.2, 0) is 4.79 Å². The molecule has 2 bridgehead atoms. The molecular formula is C23H24N2O6. The number of carboxylic acid groups (broad SMARTS) is 1. The fourth-order valence-corrected chi connectivity index (χ4v) is 3.29. The summed E-state index contributed by atoms with van der Waals surface area (Å²) in [5.41, 5.74) is 0.659. The minimum absolute atomic E-state index is 0.00965. The minimum atomic E-state index is -1.11. The molecule has 0 spiro atoms. The molecule has 2 aromatic carbocycles. The first-order valence-electron chi connectivity index (χ1n) is 9.75. The quantitative estimate of drug-likeness (QED) is 0.328. The number of aromatic carboxylic acids is 1. The molecule has 2 aromatic rings. The Labute approximate surface area is 179 Å². The Kier molecular flexibility index (Phi) is 6.61. The van der Waals surface area contributed by atoms with E-state index in [9.17, 15) is 30.0 Å². The highest BCUT2D eigenvalue weighted by molar-refractivity contribution is 5.95. The molecule has 8 heteroatoms. The Morgan fingerprint density at radius 1 is 1.16 bits per heavy atom. The van der Waals surface area contributed by atoms with E-state index in [1.807, 2.05) is 0 Å². The molecule has 162 valence electrons. The molecule has 1 aliphatic heterocycles. The van der Waals surface area contributed by atoms with Crippen LogP contribution < -0.4 is 10.6 Å². The molecule has 0 aromatic heterocycles. The van der Waals surface area contributed by atoms with Gasteiger partial charge in [-0.3, -0.25) is 4.79 Å². The van der Waals surface area contributed by atoms with Crippen molar-refractivity contribution < 1.29 is 30.0 Å². The molecule has 1 heterocycles. The molecule has 3 atom stereocenters. The number of aromatic hydroxyl groups is 2. The van der Waals surface area contributed by atoms with Gasteiger partial charge in [0.1, 0.15) is 11.5 Å². The summed E-state index contributed by atoms with van der Waals surface area (Å²) in [7, 11) is 0. The van der Waals surface area contributed by atoms with Gasteiger partial charge in [0, 0.05) is 17.3 Å². The second-order valence-electron chi connectivity index (χ2n) is 7.30. The third-order valence-corrected chi connectivity index (χ3v) is 5.10. The molecule has 31 heavy (non-hydrogen) atoms. The van der Waals surface area contributed by atoms with Crippen molar-refractivity contribution in [1.29, 1.82) is 0 Å². The van der Waals surface area contributed by atoms with Crippen molar-refractivity contribution in [1.82, 2.24) is 0 Å². The van der Waals surface area contributed by atoms with Gasteiger partial charge >= 0.3 is 5.97 Å². The number of benzene rings is 2. The number of carbonyl (C=O) groups excluding carboxylic acids is 1. The van der Waals surface area contributed by atoms with Crippen molar-refractivity contribution in [3.63, 3.8) is 0 Å². The molecule has 8 nitrogen and oxygen atoms in total. The number of allylic oxidation sites excluding steroid dienone is 2. The summed E-state index contributed by atoms with van der Waals surface area (Å²) in [4.78, 5) is 24.1. The van der Waals surface area contributed by atoms with Gasteiger partial charge in [0.2, 0.25) is 5.91 Å². The summed E-state index contributed by atoms with van der Waals surface area (Å²) >= 11 is 0. The molecule has 3 rings (SSSR count). The van der Waals surface area contributed by atoms with E-state index in [0.29, 0.717) is 12.1 Å². The molecule has 1 amide bonds. The Hall–Kier alpha value is -3.78. The summed E-state index contributed by atoms with van der Waals surface area (Å²) in [6.45, 7) is 1.54. The second-order valence-corrected chi connectivity index (χ2v) is 7.30. The normalized spacial score (nSPS) is 21.4. The van der Waals surface area contributed by atoms with E-state index in [1.165, 1.54) is 24.3 Å². The van der Waals surface area contributed by atoms with E-state index < -0.39 is 29.9 Å². The van der Waals surface area contributed by atoms with E-state index in [4.69, 9.17) is 0 Å². The van der Waals surface area contributed by atoms with Gasteiger partial charge in [0.25, 0.3) is 0 Å². The van der Waals surface area contributed by atoms with Gasteiger partial charge in [-0.25, -0.2) is 4.79 Å². The average Bonchev–Trinajstić information content (AvgIpc) is 2.74. The van der Waals surface area contributed by atoms with Gasteiger partial charge in [-0.2, -0.15) is 0 Å². The first-order chi connectivity index (χ1) is 14.8. The van der Waals surface area contributed by atoms with Gasteiger partial charge in [-0.05, 0) is 24.6 Å². The number of nitrogens with one attached hydrogen (secondary N) is 2. The van der Waals surface area contributed by atoms with Crippen LogP contribution in [0.4, 0.5) is 11.4 Å². The van der Waals surface area contributed by atoms with Crippen molar-refractivity contribution in [2.45, 2.75) is 25.5 Å². The first-order valence-corrected chi connectivity index (χ1v) is 9.75. The third-order valence-electron chi connectivity index (χ3n) is 5.10. The molecule has 0 aliphatic carbocycles. The van der Waals surface area contributed by atoms with E-state index in [1.54, 1.807) is 43.4 Å². The van der Waals surface area contributed by atoms with Crippen LogP contribution in [0.1, 0.15) is 35.3 Å². The molecule has 6 N–H and O–H groups in total. The van der Waals surface area contributed by atoms with Gasteiger partial charge in [0.05, 0.1) is 29.3 Å². The zero-order valence-corrected chi connectivity index (χ0v) is 16.8. The average molecular weight is 424 g/mol. The maximum absolute atomic E-state index is 12.5. The number of amides is 1. The number of phenols is 2. The predicted octanol–water partition coefficient (Wildman–Crippen LogP) is 3.40. The molecule has 1 aliphatic rings. The van der Waals surface area contributed by atoms with E-state index in [-0.39, 0.29) is 28.3 Å². The molecule has 0 saturated carbocycles. The lowest BCUT2D eigenvalue weighted by Gasteiger charge is -2.23. The zero-order chi connectivity index (χ0) is 22.5. The minimum Gasteiger partial charge on any atom is -0.508 e. The third kappa shape index (κ3) is 5.04. The first kappa shape index (κ1) is 21.9. The largest absolute Gasteiger partial charge is 0.508 e. The lowest BCUT2D eigenvalue weighted by atomic mass is 9.99. The number of aliphatic hydroxyl groups excluding tert-OH is 1. The van der Waals surface area contributed by atoms with Crippen LogP contribution in [0, 0.1) is 5.92 Å². The van der Waals surface area contributed by atoms with Crippen LogP contribution in [0.2, 0.25) is 0 Å². The number of rotatable bonds is 3. The van der Waals surface area contributed by atoms with Crippen LogP contribution >= 0.6 is 0 Å². The summed E-state index contributed by atoms with van der Waals surface area (Å²) < 4.78 is 0. The summed E-state index contributed by atoms with van der Waals surface area (Å²) in [5, 5.41) is 46.3. The fourth-order valence-electron chi connectivity index (χ4n) is 3.29. The SMILES string of the molecule is C[C@H]1C(=O)Nc2cc(O)cc(c2O)[C@@H](Nc2ccccc2C(=O)O)CC=CC=C[C@H]1O. The Morgan fingerprint density at radius 3 is 2.65 bits per heavy atom. The Bertz CT molecular complexity index is 1050. The highest BCUT2D eigenvalue weighted by Gasteiger charge is 2.25. The monoisotopic (exact) mass is 424 g/mol. The number of para-hydroxylation sites is 1. The van der Waals surface area contributed by atoms with E-state index in [0.717, 1.165) is 0 Å². The summed E-state index contributed by atoms with van der Waals surface area (Å²) in [6, 6.07) is 8.29. The maximum atomic E-state index is 12.5. The molecule has 0 unspecified atom stereocenters. The van der Waals surface area contributed by atoms with Gasteiger partial charge < -0.3 is 31.1 Å². The number of carbonyl (C=O) groups is 2. The van der Waals surface area contributed by atoms with Crippen molar-refractivity contribution in [3.8, 4) is 11.5 Å². The van der Waals surface area contributed by atoms with Crippen molar-refractivity contribution in [3.05, 3.63) is 71.8 Å². The number of hydrogen-bond donors (Lipinski definition) is 6. The van der Waals surface area contributed by atoms with Crippen LogP contribution in [0.3, 0.4) is 0 Å². The Morgan fingerprint density at radius 2 is 1.90 bits per heavy atom. The van der Waals surface area contributed by atoms with Gasteiger partial charge in [-0.15, -0.1) is 0 Å². The lowest BCUT2D eigenvalue weighted by Crippen LogP contribution is -2.29. The molecular weight excluding hydrogens is 400 g/mol. The van der Waals surface area contributed by atoms with E-state index >= 15 is 0 Å². The number of fused-ring (bicyclic) bond motifs is 2. The topological polar surface area (TPSA) is 139 Å². The summed E-state index contributed by atoms with van der Waals surface area (Å²) in [6.07, 6.45) is 5.82. The standard InChI is InChI=1S/C23H24N2O6/c1-13-20(27)10-4-2-3-8-18(24-17-9-6-5-7-15(17)23(30)31)16-11-14(26)12-19(21(16)28)25-22(13)29/h2-7,9-13,18,20,24,26-28H,8H2,1H3,(H,25,29)(H,30,31)/t13-,18+,20-/m1/s1. The van der Waals surface area contributed by atoms with Crippen molar-refractivity contribution >= 4 is 23.3 Å². The summed E-state index contributed by atoms with van der Waals surface area (Å²) in [5.74, 6) is -2.90.